The molecule has 0 aliphatic heterocycles. The van der Waals surface area contributed by atoms with Gasteiger partial charge in [-0.15, -0.1) is 0 Å². The van der Waals surface area contributed by atoms with Gasteiger partial charge in [-0.25, -0.2) is 0 Å². The molecule has 2 N–H and O–H groups in total. The van der Waals surface area contributed by atoms with Crippen LogP contribution < -0.4 is 10.6 Å². The van der Waals surface area contributed by atoms with Crippen molar-refractivity contribution in [2.45, 2.75) is 27.7 Å². The summed E-state index contributed by atoms with van der Waals surface area (Å²) in [5.74, 6) is -0.363. The molecule has 0 radical (unpaired) electrons. The van der Waals surface area contributed by atoms with E-state index in [1.54, 1.807) is 20.8 Å². The van der Waals surface area contributed by atoms with Crippen LogP contribution in [0.2, 0.25) is 0 Å². The van der Waals surface area contributed by atoms with Crippen LogP contribution in [0, 0.1) is 12.3 Å². The first kappa shape index (κ1) is 14.2. The zero-order chi connectivity index (χ0) is 13.8. The molecule has 0 unspecified atom stereocenters. The minimum atomic E-state index is -0.482. The van der Waals surface area contributed by atoms with Crippen molar-refractivity contribution >= 4 is 17.5 Å². The molecule has 1 aromatic rings. The van der Waals surface area contributed by atoms with Crippen LogP contribution >= 0.6 is 0 Å². The predicted octanol–water partition coefficient (Wildman–Crippen LogP) is 2.10. The fourth-order valence-electron chi connectivity index (χ4n) is 1.27. The predicted molar refractivity (Wildman–Crippen MR) is 72.3 cm³/mol. The molecule has 0 atom stereocenters. The standard InChI is InChI=1S/C14H20N2O2/c1-10-5-7-11(8-6-10)16-12(17)9-15-13(18)14(2,3)4/h5-8H,9H2,1-4H3,(H,15,18)(H,16,17). The van der Waals surface area contributed by atoms with Crippen LogP contribution in [0.15, 0.2) is 24.3 Å². The number of nitrogens with one attached hydrogen (secondary N) is 2. The molecule has 0 saturated carbocycles. The fraction of sp³-hybridized carbons (Fsp3) is 0.429. The van der Waals surface area contributed by atoms with Crippen molar-refractivity contribution in [3.05, 3.63) is 29.8 Å². The van der Waals surface area contributed by atoms with Crippen molar-refractivity contribution in [2.75, 3.05) is 11.9 Å². The van der Waals surface area contributed by atoms with Gasteiger partial charge in [-0.05, 0) is 19.1 Å². The molecule has 2 amide bonds. The van der Waals surface area contributed by atoms with E-state index < -0.39 is 5.41 Å². The second-order valence-electron chi connectivity index (χ2n) is 5.35. The Labute approximate surface area is 108 Å². The number of aryl methyl sites for hydroxylation is 1. The normalized spacial score (nSPS) is 10.9. The lowest BCUT2D eigenvalue weighted by molar-refractivity contribution is -0.130. The summed E-state index contributed by atoms with van der Waals surface area (Å²) in [7, 11) is 0. The molecule has 1 aromatic carbocycles. The van der Waals surface area contributed by atoms with Gasteiger partial charge in [0.05, 0.1) is 6.54 Å². The monoisotopic (exact) mass is 248 g/mol. The number of carbonyl (C=O) groups is 2. The van der Waals surface area contributed by atoms with Crippen LogP contribution in [-0.4, -0.2) is 18.4 Å². The van der Waals surface area contributed by atoms with Gasteiger partial charge < -0.3 is 10.6 Å². The summed E-state index contributed by atoms with van der Waals surface area (Å²) in [4.78, 5) is 23.2. The number of hydrogen-bond acceptors (Lipinski definition) is 2. The summed E-state index contributed by atoms with van der Waals surface area (Å²) in [6, 6.07) is 7.50. The Morgan fingerprint density at radius 3 is 2.17 bits per heavy atom. The molecule has 4 nitrogen and oxygen atoms in total. The van der Waals surface area contributed by atoms with Crippen molar-refractivity contribution in [1.29, 1.82) is 0 Å². The van der Waals surface area contributed by atoms with Crippen molar-refractivity contribution in [3.63, 3.8) is 0 Å². The maximum Gasteiger partial charge on any atom is 0.243 e. The van der Waals surface area contributed by atoms with Crippen LogP contribution in [0.3, 0.4) is 0 Å². The second-order valence-corrected chi connectivity index (χ2v) is 5.35. The number of rotatable bonds is 3. The fourth-order valence-corrected chi connectivity index (χ4v) is 1.27. The van der Waals surface area contributed by atoms with Gasteiger partial charge in [0.2, 0.25) is 11.8 Å². The molecular weight excluding hydrogens is 228 g/mol. The molecule has 0 heterocycles. The Kier molecular flexibility index (Phi) is 4.48. The van der Waals surface area contributed by atoms with Gasteiger partial charge in [0.15, 0.2) is 0 Å². The van der Waals surface area contributed by atoms with Crippen LogP contribution in [-0.2, 0) is 9.59 Å². The Bertz CT molecular complexity index is 430. The van der Waals surface area contributed by atoms with E-state index >= 15 is 0 Å². The van der Waals surface area contributed by atoms with Crippen molar-refractivity contribution in [1.82, 2.24) is 5.32 Å². The highest BCUT2D eigenvalue weighted by atomic mass is 16.2. The molecule has 0 aliphatic carbocycles. The largest absolute Gasteiger partial charge is 0.347 e. The number of hydrogen-bond donors (Lipinski definition) is 2. The number of amides is 2. The van der Waals surface area contributed by atoms with Crippen LogP contribution in [0.1, 0.15) is 26.3 Å². The van der Waals surface area contributed by atoms with E-state index in [-0.39, 0.29) is 18.4 Å². The zero-order valence-electron chi connectivity index (χ0n) is 11.3. The Hall–Kier alpha value is -1.84. The van der Waals surface area contributed by atoms with E-state index in [1.807, 2.05) is 31.2 Å². The van der Waals surface area contributed by atoms with E-state index in [2.05, 4.69) is 10.6 Å². The topological polar surface area (TPSA) is 58.2 Å². The highest BCUT2D eigenvalue weighted by Gasteiger charge is 2.21. The van der Waals surface area contributed by atoms with Crippen LogP contribution in [0.5, 0.6) is 0 Å². The number of anilines is 1. The van der Waals surface area contributed by atoms with Crippen LogP contribution in [0.4, 0.5) is 5.69 Å². The molecule has 0 aromatic heterocycles. The smallest absolute Gasteiger partial charge is 0.243 e. The van der Waals surface area contributed by atoms with E-state index in [9.17, 15) is 9.59 Å². The lowest BCUT2D eigenvalue weighted by Gasteiger charge is -2.17. The van der Waals surface area contributed by atoms with Crippen LogP contribution in [0.25, 0.3) is 0 Å². The van der Waals surface area contributed by atoms with Gasteiger partial charge in [0.1, 0.15) is 0 Å². The minimum absolute atomic E-state index is 0.00994. The third-order valence-corrected chi connectivity index (χ3v) is 2.43. The highest BCUT2D eigenvalue weighted by Crippen LogP contribution is 2.12. The molecule has 0 spiro atoms. The summed E-state index contributed by atoms with van der Waals surface area (Å²) in [5, 5.41) is 5.33. The molecule has 4 heteroatoms. The molecule has 18 heavy (non-hydrogen) atoms. The molecule has 0 bridgehead atoms. The minimum Gasteiger partial charge on any atom is -0.347 e. The molecule has 98 valence electrons. The SMILES string of the molecule is Cc1ccc(NC(=O)CNC(=O)C(C)(C)C)cc1. The number of benzene rings is 1. The summed E-state index contributed by atoms with van der Waals surface area (Å²) < 4.78 is 0. The van der Waals surface area contributed by atoms with E-state index in [1.165, 1.54) is 0 Å². The Balaban J connectivity index is 2.43. The molecular formula is C14H20N2O2. The van der Waals surface area contributed by atoms with Gasteiger partial charge in [-0.3, -0.25) is 9.59 Å². The van der Waals surface area contributed by atoms with Gasteiger partial charge in [-0.2, -0.15) is 0 Å². The summed E-state index contributed by atoms with van der Waals surface area (Å²) in [6.45, 7) is 7.39. The molecule has 0 aliphatic rings. The lowest BCUT2D eigenvalue weighted by Crippen LogP contribution is -2.39. The third kappa shape index (κ3) is 4.57. The van der Waals surface area contributed by atoms with Crippen molar-refractivity contribution in [3.8, 4) is 0 Å². The maximum atomic E-state index is 11.6. The van der Waals surface area contributed by atoms with Gasteiger partial charge in [0, 0.05) is 11.1 Å². The first-order valence-corrected chi connectivity index (χ1v) is 5.94. The Morgan fingerprint density at radius 2 is 1.67 bits per heavy atom. The summed E-state index contributed by atoms with van der Waals surface area (Å²) >= 11 is 0. The quantitative estimate of drug-likeness (QED) is 0.860. The first-order chi connectivity index (χ1) is 8.29. The molecule has 0 fully saturated rings. The zero-order valence-corrected chi connectivity index (χ0v) is 11.3. The Morgan fingerprint density at radius 1 is 1.11 bits per heavy atom. The van der Waals surface area contributed by atoms with E-state index in [4.69, 9.17) is 0 Å². The lowest BCUT2D eigenvalue weighted by atomic mass is 9.96. The molecule has 1 rings (SSSR count). The van der Waals surface area contributed by atoms with E-state index in [0.29, 0.717) is 0 Å². The maximum absolute atomic E-state index is 11.6. The third-order valence-electron chi connectivity index (χ3n) is 2.43. The van der Waals surface area contributed by atoms with E-state index in [0.717, 1.165) is 11.3 Å². The summed E-state index contributed by atoms with van der Waals surface area (Å²) in [5.41, 5.74) is 1.38. The van der Waals surface area contributed by atoms with Crippen molar-refractivity contribution in [2.24, 2.45) is 5.41 Å². The summed E-state index contributed by atoms with van der Waals surface area (Å²) in [6.07, 6.45) is 0. The van der Waals surface area contributed by atoms with Gasteiger partial charge in [-0.1, -0.05) is 38.5 Å². The average Bonchev–Trinajstić information content (AvgIpc) is 2.28. The van der Waals surface area contributed by atoms with Crippen molar-refractivity contribution < 1.29 is 9.59 Å². The first-order valence-electron chi connectivity index (χ1n) is 5.94. The van der Waals surface area contributed by atoms with Gasteiger partial charge >= 0.3 is 0 Å². The highest BCUT2D eigenvalue weighted by molar-refractivity contribution is 5.95. The average molecular weight is 248 g/mol. The van der Waals surface area contributed by atoms with Gasteiger partial charge in [0.25, 0.3) is 0 Å². The number of carbonyl (C=O) groups excluding carboxylic acids is 2. The molecule has 0 saturated heterocycles. The second kappa shape index (κ2) is 5.67.